The van der Waals surface area contributed by atoms with E-state index >= 15 is 0 Å². The Morgan fingerprint density at radius 1 is 0.367 bits per heavy atom. The van der Waals surface area contributed by atoms with Crippen LogP contribution in [0.5, 0.6) is 0 Å². The Bertz CT molecular complexity index is 866. The Morgan fingerprint density at radius 3 is 0.733 bits per heavy atom. The largest absolute Gasteiger partial charge is 0.0642 e. The Morgan fingerprint density at radius 2 is 0.567 bits per heavy atom. The summed E-state index contributed by atoms with van der Waals surface area (Å²) in [5.41, 5.74) is 5.07. The maximum atomic E-state index is 2.34. The Labute approximate surface area is 181 Å². The fourth-order valence-corrected chi connectivity index (χ4v) is 5.63. The summed E-state index contributed by atoms with van der Waals surface area (Å²) < 4.78 is 0. The van der Waals surface area contributed by atoms with Crippen molar-refractivity contribution in [1.29, 1.82) is 0 Å². The van der Waals surface area contributed by atoms with Crippen LogP contribution < -0.4 is 0 Å². The van der Waals surface area contributed by atoms with Gasteiger partial charge in [-0.05, 0) is 35.1 Å². The first-order valence-corrected chi connectivity index (χ1v) is 11.0. The van der Waals surface area contributed by atoms with Gasteiger partial charge in [-0.15, -0.1) is 0 Å². The van der Waals surface area contributed by atoms with Crippen LogP contribution in [0.25, 0.3) is 0 Å². The van der Waals surface area contributed by atoms with Gasteiger partial charge in [-0.1, -0.05) is 135 Å². The predicted octanol–water partition coefficient (Wildman–Crippen LogP) is 7.78. The first kappa shape index (κ1) is 20.2. The van der Waals surface area contributed by atoms with E-state index in [1.54, 1.807) is 0 Å². The van der Waals surface area contributed by atoms with Crippen LogP contribution in [-0.2, 0) is 10.8 Å². The fourth-order valence-electron chi connectivity index (χ4n) is 5.63. The summed E-state index contributed by atoms with van der Waals surface area (Å²) in [4.78, 5) is 0. The molecule has 30 heavy (non-hydrogen) atoms. The third-order valence-electron chi connectivity index (χ3n) is 6.86. The van der Waals surface area contributed by atoms with Crippen molar-refractivity contribution in [3.05, 3.63) is 144 Å². The SMILES string of the molecule is CCC(c1ccccc1)(c1ccccc1)C(CC)(c1ccccc1)c1ccccc1. The molecule has 0 amide bonds. The molecule has 0 spiro atoms. The maximum absolute atomic E-state index is 2.34. The Kier molecular flexibility index (Phi) is 5.86. The zero-order valence-electron chi connectivity index (χ0n) is 18.0. The topological polar surface area (TPSA) is 0 Å². The van der Waals surface area contributed by atoms with Crippen molar-refractivity contribution < 1.29 is 0 Å². The van der Waals surface area contributed by atoms with E-state index in [1.165, 1.54) is 22.3 Å². The quantitative estimate of drug-likeness (QED) is 0.302. The molecule has 0 aliphatic carbocycles. The molecule has 0 aromatic heterocycles. The smallest absolute Gasteiger partial charge is 0.0337 e. The van der Waals surface area contributed by atoms with Crippen LogP contribution in [0.4, 0.5) is 0 Å². The van der Waals surface area contributed by atoms with Crippen LogP contribution in [0.3, 0.4) is 0 Å². The van der Waals surface area contributed by atoms with Gasteiger partial charge in [0.15, 0.2) is 0 Å². The maximum Gasteiger partial charge on any atom is 0.0337 e. The van der Waals surface area contributed by atoms with E-state index in [1.807, 2.05) is 0 Å². The standard InChI is InChI=1S/C30H30/c1-3-29(25-17-9-5-10-18-25,26-19-11-6-12-20-26)30(4-2,27-21-13-7-14-22-27)28-23-15-8-16-24-28/h5-24H,3-4H2,1-2H3. The van der Waals surface area contributed by atoms with E-state index in [0.29, 0.717) is 0 Å². The molecular weight excluding hydrogens is 360 g/mol. The van der Waals surface area contributed by atoms with Crippen LogP contribution in [0.1, 0.15) is 48.9 Å². The molecule has 0 heteroatoms. The fraction of sp³-hybridized carbons (Fsp3) is 0.200. The minimum atomic E-state index is -0.201. The van der Waals surface area contributed by atoms with Crippen molar-refractivity contribution >= 4 is 0 Å². The molecule has 150 valence electrons. The van der Waals surface area contributed by atoms with Crippen molar-refractivity contribution in [3.8, 4) is 0 Å². The summed E-state index contributed by atoms with van der Waals surface area (Å²) in [7, 11) is 0. The van der Waals surface area contributed by atoms with E-state index < -0.39 is 0 Å². The second-order valence-corrected chi connectivity index (χ2v) is 7.98. The van der Waals surface area contributed by atoms with Gasteiger partial charge >= 0.3 is 0 Å². The van der Waals surface area contributed by atoms with Gasteiger partial charge in [-0.3, -0.25) is 0 Å². The van der Waals surface area contributed by atoms with Gasteiger partial charge in [-0.25, -0.2) is 0 Å². The van der Waals surface area contributed by atoms with Gasteiger partial charge in [0, 0.05) is 10.8 Å². The van der Waals surface area contributed by atoms with Gasteiger partial charge in [0.1, 0.15) is 0 Å². The molecule has 0 nitrogen and oxygen atoms in total. The zero-order chi connectivity index (χ0) is 20.9. The van der Waals surface area contributed by atoms with Crippen LogP contribution in [0.2, 0.25) is 0 Å². The second kappa shape index (κ2) is 8.71. The van der Waals surface area contributed by atoms with Crippen LogP contribution in [0, 0.1) is 0 Å². The van der Waals surface area contributed by atoms with E-state index in [0.717, 1.165) is 12.8 Å². The van der Waals surface area contributed by atoms with Crippen molar-refractivity contribution in [2.24, 2.45) is 0 Å². The molecule has 0 saturated carbocycles. The van der Waals surface area contributed by atoms with Gasteiger partial charge in [0.25, 0.3) is 0 Å². The van der Waals surface area contributed by atoms with E-state index in [-0.39, 0.29) is 10.8 Å². The van der Waals surface area contributed by atoms with Gasteiger partial charge in [0.2, 0.25) is 0 Å². The number of hydrogen-bond acceptors (Lipinski definition) is 0. The molecule has 4 aromatic carbocycles. The number of hydrogen-bond donors (Lipinski definition) is 0. The lowest BCUT2D eigenvalue weighted by molar-refractivity contribution is 0.285. The molecule has 0 aliphatic rings. The van der Waals surface area contributed by atoms with E-state index in [4.69, 9.17) is 0 Å². The van der Waals surface area contributed by atoms with Crippen LogP contribution in [-0.4, -0.2) is 0 Å². The molecule has 0 heterocycles. The summed E-state index contributed by atoms with van der Waals surface area (Å²) >= 11 is 0. The molecule has 0 saturated heterocycles. The van der Waals surface area contributed by atoms with Gasteiger partial charge in [0.05, 0.1) is 0 Å². The minimum absolute atomic E-state index is 0.201. The highest BCUT2D eigenvalue weighted by Gasteiger charge is 2.53. The monoisotopic (exact) mass is 390 g/mol. The molecule has 0 fully saturated rings. The first-order chi connectivity index (χ1) is 14.8. The van der Waals surface area contributed by atoms with Crippen LogP contribution >= 0.6 is 0 Å². The Balaban J connectivity index is 2.17. The molecule has 0 atom stereocenters. The number of benzene rings is 4. The Hall–Kier alpha value is -3.12. The normalized spacial score (nSPS) is 11.9. The lowest BCUT2D eigenvalue weighted by Crippen LogP contribution is -2.50. The highest BCUT2D eigenvalue weighted by atomic mass is 14.5. The van der Waals surface area contributed by atoms with E-state index in [2.05, 4.69) is 135 Å². The van der Waals surface area contributed by atoms with Crippen molar-refractivity contribution in [2.45, 2.75) is 37.5 Å². The lowest BCUT2D eigenvalue weighted by Gasteiger charge is -2.52. The van der Waals surface area contributed by atoms with E-state index in [9.17, 15) is 0 Å². The third kappa shape index (κ3) is 3.08. The zero-order valence-corrected chi connectivity index (χ0v) is 18.0. The highest BCUT2D eigenvalue weighted by Crippen LogP contribution is 2.56. The van der Waals surface area contributed by atoms with Gasteiger partial charge < -0.3 is 0 Å². The highest BCUT2D eigenvalue weighted by molar-refractivity contribution is 5.55. The average Bonchev–Trinajstić information content (AvgIpc) is 2.85. The molecule has 4 rings (SSSR count). The molecule has 0 aliphatic heterocycles. The summed E-state index contributed by atoms with van der Waals surface area (Å²) in [6, 6.07) is 44.4. The molecule has 0 radical (unpaired) electrons. The minimum Gasteiger partial charge on any atom is -0.0642 e. The number of rotatable bonds is 7. The molecule has 0 N–H and O–H groups in total. The lowest BCUT2D eigenvalue weighted by atomic mass is 9.49. The van der Waals surface area contributed by atoms with Gasteiger partial charge in [-0.2, -0.15) is 0 Å². The summed E-state index contributed by atoms with van der Waals surface area (Å²) in [6.07, 6.45) is 2.00. The predicted molar refractivity (Wildman–Crippen MR) is 128 cm³/mol. The summed E-state index contributed by atoms with van der Waals surface area (Å²) in [5.74, 6) is 0. The van der Waals surface area contributed by atoms with Crippen molar-refractivity contribution in [1.82, 2.24) is 0 Å². The van der Waals surface area contributed by atoms with Crippen LogP contribution in [0.15, 0.2) is 121 Å². The molecule has 0 unspecified atom stereocenters. The van der Waals surface area contributed by atoms with Crippen molar-refractivity contribution in [3.63, 3.8) is 0 Å². The summed E-state index contributed by atoms with van der Waals surface area (Å²) in [6.45, 7) is 4.69. The molecular formula is C30H30. The first-order valence-electron chi connectivity index (χ1n) is 11.0. The second-order valence-electron chi connectivity index (χ2n) is 7.98. The third-order valence-corrected chi connectivity index (χ3v) is 6.86. The summed E-state index contributed by atoms with van der Waals surface area (Å²) in [5, 5.41) is 0. The van der Waals surface area contributed by atoms with Crippen molar-refractivity contribution in [2.75, 3.05) is 0 Å². The molecule has 0 bridgehead atoms. The molecule has 4 aromatic rings. The average molecular weight is 391 g/mol.